The van der Waals surface area contributed by atoms with Crippen LogP contribution in [-0.4, -0.2) is 17.2 Å². The molecule has 2 atom stereocenters. The number of hydrogen-bond acceptors (Lipinski definition) is 2. The van der Waals surface area contributed by atoms with E-state index in [9.17, 15) is 5.11 Å². The van der Waals surface area contributed by atoms with Gasteiger partial charge in [0.05, 0.1) is 5.60 Å². The third kappa shape index (κ3) is 1.86. The Labute approximate surface area is 102 Å². The van der Waals surface area contributed by atoms with Crippen molar-refractivity contribution in [3.05, 3.63) is 35.4 Å². The number of nitrogens with one attached hydrogen (secondary N) is 1. The zero-order valence-corrected chi connectivity index (χ0v) is 9.82. The lowest BCUT2D eigenvalue weighted by Gasteiger charge is -2.37. The number of rotatable bonds is 1. The van der Waals surface area contributed by atoms with Crippen molar-refractivity contribution >= 4 is 0 Å². The predicted molar refractivity (Wildman–Crippen MR) is 67.5 cm³/mol. The molecule has 2 bridgehead atoms. The molecule has 0 aliphatic carbocycles. The maximum Gasteiger partial charge on any atom is 0.0926 e. The summed E-state index contributed by atoms with van der Waals surface area (Å²) in [6.07, 6.45) is 9.39. The molecule has 2 fully saturated rings. The summed E-state index contributed by atoms with van der Waals surface area (Å²) in [5.74, 6) is 2.63. The smallest absolute Gasteiger partial charge is 0.0926 e. The van der Waals surface area contributed by atoms with E-state index in [1.165, 1.54) is 12.8 Å². The standard InChI is InChI=1S/C15H17NO/c1-2-11-4-3-5-12(8-11)15(17)9-13-6-7-14(10-15)16-13/h1,3-5,8,13-14,16-17H,6-7,9-10H2. The molecule has 1 aromatic rings. The van der Waals surface area contributed by atoms with Gasteiger partial charge in [-0.3, -0.25) is 0 Å². The van der Waals surface area contributed by atoms with Gasteiger partial charge in [-0.15, -0.1) is 6.42 Å². The van der Waals surface area contributed by atoms with E-state index >= 15 is 0 Å². The number of hydrogen-bond donors (Lipinski definition) is 2. The summed E-state index contributed by atoms with van der Waals surface area (Å²) in [6.45, 7) is 0. The molecule has 2 saturated heterocycles. The molecule has 0 aromatic heterocycles. The third-order valence-electron chi connectivity index (χ3n) is 4.07. The highest BCUT2D eigenvalue weighted by Crippen LogP contribution is 2.40. The normalized spacial score (nSPS) is 35.5. The zero-order chi connectivity index (χ0) is 11.9. The Morgan fingerprint density at radius 2 is 2.00 bits per heavy atom. The molecule has 2 aliphatic rings. The van der Waals surface area contributed by atoms with E-state index in [-0.39, 0.29) is 0 Å². The average Bonchev–Trinajstić information content (AvgIpc) is 2.69. The lowest BCUT2D eigenvalue weighted by atomic mass is 9.81. The molecule has 2 heteroatoms. The molecule has 2 nitrogen and oxygen atoms in total. The molecule has 2 aliphatic heterocycles. The van der Waals surface area contributed by atoms with Gasteiger partial charge in [-0.1, -0.05) is 18.1 Å². The van der Waals surface area contributed by atoms with Crippen LogP contribution >= 0.6 is 0 Å². The van der Waals surface area contributed by atoms with Crippen LogP contribution in [-0.2, 0) is 5.60 Å². The Bertz CT molecular complexity index is 462. The average molecular weight is 227 g/mol. The van der Waals surface area contributed by atoms with E-state index in [4.69, 9.17) is 6.42 Å². The van der Waals surface area contributed by atoms with Crippen LogP contribution in [0.2, 0.25) is 0 Å². The Hall–Kier alpha value is -1.30. The van der Waals surface area contributed by atoms with Gasteiger partial charge in [0.1, 0.15) is 0 Å². The van der Waals surface area contributed by atoms with Gasteiger partial charge in [-0.25, -0.2) is 0 Å². The zero-order valence-electron chi connectivity index (χ0n) is 9.82. The Balaban J connectivity index is 1.94. The van der Waals surface area contributed by atoms with Gasteiger partial charge in [0, 0.05) is 17.6 Å². The van der Waals surface area contributed by atoms with Crippen LogP contribution in [0.3, 0.4) is 0 Å². The second-order valence-electron chi connectivity index (χ2n) is 5.30. The predicted octanol–water partition coefficient (Wildman–Crippen LogP) is 1.77. The van der Waals surface area contributed by atoms with Crippen molar-refractivity contribution < 1.29 is 5.11 Å². The number of benzene rings is 1. The summed E-state index contributed by atoms with van der Waals surface area (Å²) in [5.41, 5.74) is 1.14. The van der Waals surface area contributed by atoms with Gasteiger partial charge in [0.25, 0.3) is 0 Å². The van der Waals surface area contributed by atoms with Crippen molar-refractivity contribution in [1.29, 1.82) is 0 Å². The molecule has 0 spiro atoms. The first kappa shape index (κ1) is 10.8. The van der Waals surface area contributed by atoms with Crippen LogP contribution in [0, 0.1) is 12.3 Å². The SMILES string of the molecule is C#Cc1cccc(C2(O)CC3CCC(C2)N3)c1. The van der Waals surface area contributed by atoms with Crippen molar-refractivity contribution in [3.63, 3.8) is 0 Å². The van der Waals surface area contributed by atoms with Gasteiger partial charge in [-0.05, 0) is 43.4 Å². The molecule has 0 amide bonds. The summed E-state index contributed by atoms with van der Waals surface area (Å²) < 4.78 is 0. The highest BCUT2D eigenvalue weighted by atomic mass is 16.3. The molecular formula is C15H17NO. The molecule has 17 heavy (non-hydrogen) atoms. The Morgan fingerprint density at radius 1 is 1.29 bits per heavy atom. The van der Waals surface area contributed by atoms with Crippen LogP contribution < -0.4 is 5.32 Å². The van der Waals surface area contributed by atoms with Crippen LogP contribution in [0.1, 0.15) is 36.8 Å². The summed E-state index contributed by atoms with van der Waals surface area (Å²) in [6, 6.07) is 8.72. The van der Waals surface area contributed by atoms with Crippen LogP contribution in [0.25, 0.3) is 0 Å². The second kappa shape index (κ2) is 3.87. The van der Waals surface area contributed by atoms with Crippen molar-refractivity contribution in [3.8, 4) is 12.3 Å². The van der Waals surface area contributed by atoms with E-state index in [1.54, 1.807) is 0 Å². The first-order valence-electron chi connectivity index (χ1n) is 6.25. The lowest BCUT2D eigenvalue weighted by molar-refractivity contribution is -0.0114. The van der Waals surface area contributed by atoms with E-state index in [0.717, 1.165) is 24.0 Å². The number of fused-ring (bicyclic) bond motifs is 2. The summed E-state index contributed by atoms with van der Waals surface area (Å²) in [4.78, 5) is 0. The van der Waals surface area contributed by atoms with E-state index < -0.39 is 5.60 Å². The first-order valence-corrected chi connectivity index (χ1v) is 6.25. The Kier molecular flexibility index (Phi) is 2.47. The number of terminal acetylenes is 1. The minimum atomic E-state index is -0.691. The minimum Gasteiger partial charge on any atom is -0.385 e. The molecule has 0 radical (unpaired) electrons. The van der Waals surface area contributed by atoms with Crippen molar-refractivity contribution in [2.45, 2.75) is 43.4 Å². The van der Waals surface area contributed by atoms with Crippen LogP contribution in [0.15, 0.2) is 24.3 Å². The number of piperidine rings is 1. The molecule has 2 N–H and O–H groups in total. The van der Waals surface area contributed by atoms with Crippen LogP contribution in [0.5, 0.6) is 0 Å². The van der Waals surface area contributed by atoms with Gasteiger partial charge in [0.2, 0.25) is 0 Å². The van der Waals surface area contributed by atoms with Gasteiger partial charge < -0.3 is 10.4 Å². The van der Waals surface area contributed by atoms with Gasteiger partial charge in [0.15, 0.2) is 0 Å². The lowest BCUT2D eigenvalue weighted by Crippen LogP contribution is -2.46. The molecule has 3 rings (SSSR count). The van der Waals surface area contributed by atoms with E-state index in [2.05, 4.69) is 11.2 Å². The molecule has 88 valence electrons. The molecule has 0 saturated carbocycles. The fourth-order valence-electron chi connectivity index (χ4n) is 3.26. The van der Waals surface area contributed by atoms with Crippen LogP contribution in [0.4, 0.5) is 0 Å². The molecule has 2 unspecified atom stereocenters. The largest absolute Gasteiger partial charge is 0.385 e. The first-order chi connectivity index (χ1) is 8.19. The van der Waals surface area contributed by atoms with Gasteiger partial charge in [-0.2, -0.15) is 0 Å². The quantitative estimate of drug-likeness (QED) is 0.717. The highest BCUT2D eigenvalue weighted by Gasteiger charge is 2.43. The third-order valence-corrected chi connectivity index (χ3v) is 4.07. The second-order valence-corrected chi connectivity index (χ2v) is 5.30. The van der Waals surface area contributed by atoms with Crippen molar-refractivity contribution in [1.82, 2.24) is 5.32 Å². The molecule has 2 heterocycles. The summed E-state index contributed by atoms with van der Waals surface area (Å²) in [5, 5.41) is 14.4. The highest BCUT2D eigenvalue weighted by molar-refractivity contribution is 5.38. The topological polar surface area (TPSA) is 32.3 Å². The van der Waals surface area contributed by atoms with E-state index in [1.807, 2.05) is 24.3 Å². The molecule has 1 aromatic carbocycles. The molecular weight excluding hydrogens is 210 g/mol. The minimum absolute atomic E-state index is 0.466. The van der Waals surface area contributed by atoms with Gasteiger partial charge >= 0.3 is 0 Å². The van der Waals surface area contributed by atoms with E-state index in [0.29, 0.717) is 12.1 Å². The summed E-state index contributed by atoms with van der Waals surface area (Å²) in [7, 11) is 0. The number of aliphatic hydroxyl groups is 1. The fraction of sp³-hybridized carbons (Fsp3) is 0.467. The van der Waals surface area contributed by atoms with Crippen molar-refractivity contribution in [2.24, 2.45) is 0 Å². The van der Waals surface area contributed by atoms with Crippen molar-refractivity contribution in [2.75, 3.05) is 0 Å². The fourth-order valence-corrected chi connectivity index (χ4v) is 3.26. The Morgan fingerprint density at radius 3 is 2.65 bits per heavy atom. The maximum absolute atomic E-state index is 10.8. The summed E-state index contributed by atoms with van der Waals surface area (Å²) >= 11 is 0. The maximum atomic E-state index is 10.8. The monoisotopic (exact) mass is 227 g/mol.